The van der Waals surface area contributed by atoms with Gasteiger partial charge >= 0.3 is 0 Å². The van der Waals surface area contributed by atoms with Crippen LogP contribution in [0.25, 0.3) is 0 Å². The van der Waals surface area contributed by atoms with E-state index in [4.69, 9.17) is 9.29 Å². The third-order valence-electron chi connectivity index (χ3n) is 0.690. The number of hydrogen-bond donors (Lipinski definition) is 1. The first kappa shape index (κ1) is 9.29. The molecule has 0 fully saturated rings. The Balaban J connectivity index is 3.30. The first-order chi connectivity index (χ1) is 4.06. The van der Waals surface area contributed by atoms with Crippen molar-refractivity contribution >= 4 is 20.0 Å². The van der Waals surface area contributed by atoms with Crippen molar-refractivity contribution in [3.8, 4) is 0 Å². The van der Waals surface area contributed by atoms with Gasteiger partial charge in [-0.15, -0.1) is 0 Å². The predicted octanol–water partition coefficient (Wildman–Crippen LogP) is 0.242. The minimum absolute atomic E-state index is 0.0518. The molecule has 0 aliphatic rings. The summed E-state index contributed by atoms with van der Waals surface area (Å²) < 4.78 is 23.7. The van der Waals surface area contributed by atoms with Crippen molar-refractivity contribution in [1.82, 2.24) is 0 Å². The largest absolute Gasteiger partial charge is 0.381 e. The molecular formula is C4H10O3S2. The zero-order valence-corrected chi connectivity index (χ0v) is 6.83. The van der Waals surface area contributed by atoms with Crippen LogP contribution in [0, 0.1) is 0 Å². The van der Waals surface area contributed by atoms with Gasteiger partial charge in [0, 0.05) is 17.8 Å². The molecular weight excluding hydrogens is 160 g/mol. The molecule has 0 aromatic rings. The molecule has 0 aromatic heterocycles. The molecule has 0 saturated carbocycles. The van der Waals surface area contributed by atoms with E-state index in [-0.39, 0.29) is 12.4 Å². The minimum atomic E-state index is -2.99. The third kappa shape index (κ3) is 8.29. The summed E-state index contributed by atoms with van der Waals surface area (Å²) in [5.74, 6) is 0.0518. The summed E-state index contributed by atoms with van der Waals surface area (Å²) in [7, 11) is -2.99. The molecule has 1 atom stereocenters. The van der Waals surface area contributed by atoms with Gasteiger partial charge in [-0.25, -0.2) is 4.21 Å². The maximum Gasteiger partial charge on any atom is 0.143 e. The van der Waals surface area contributed by atoms with E-state index in [1.807, 2.05) is 6.92 Å². The summed E-state index contributed by atoms with van der Waals surface area (Å²) in [4.78, 5) is 0. The SMILES string of the molecule is CCOCCS(=O)(O)=S. The summed E-state index contributed by atoms with van der Waals surface area (Å²) in [6, 6.07) is 0. The van der Waals surface area contributed by atoms with Crippen LogP contribution in [0.5, 0.6) is 0 Å². The van der Waals surface area contributed by atoms with Crippen molar-refractivity contribution in [3.63, 3.8) is 0 Å². The highest BCUT2D eigenvalue weighted by Gasteiger charge is 1.97. The number of rotatable bonds is 4. The predicted molar refractivity (Wildman–Crippen MR) is 39.5 cm³/mol. The average molecular weight is 170 g/mol. The fraction of sp³-hybridized carbons (Fsp3) is 1.00. The lowest BCUT2D eigenvalue weighted by atomic mass is 10.8. The van der Waals surface area contributed by atoms with Gasteiger partial charge in [-0.05, 0) is 6.92 Å². The van der Waals surface area contributed by atoms with E-state index in [0.29, 0.717) is 6.61 Å². The Morgan fingerprint density at radius 1 is 1.78 bits per heavy atom. The molecule has 0 radical (unpaired) electrons. The molecule has 3 nitrogen and oxygen atoms in total. The van der Waals surface area contributed by atoms with Gasteiger partial charge in [-0.3, -0.25) is 0 Å². The Morgan fingerprint density at radius 2 is 2.33 bits per heavy atom. The molecule has 0 bridgehead atoms. The van der Waals surface area contributed by atoms with Crippen molar-refractivity contribution in [3.05, 3.63) is 0 Å². The minimum Gasteiger partial charge on any atom is -0.381 e. The van der Waals surface area contributed by atoms with Gasteiger partial charge in [-0.2, -0.15) is 0 Å². The Morgan fingerprint density at radius 3 is 2.67 bits per heavy atom. The van der Waals surface area contributed by atoms with Crippen molar-refractivity contribution in [2.45, 2.75) is 6.92 Å². The highest BCUT2D eigenvalue weighted by atomic mass is 32.8. The van der Waals surface area contributed by atoms with E-state index >= 15 is 0 Å². The molecule has 0 saturated heterocycles. The van der Waals surface area contributed by atoms with Gasteiger partial charge in [-0.1, -0.05) is 0 Å². The van der Waals surface area contributed by atoms with Crippen LogP contribution < -0.4 is 0 Å². The van der Waals surface area contributed by atoms with Crippen LogP contribution >= 0.6 is 0 Å². The fourth-order valence-electron chi connectivity index (χ4n) is 0.309. The number of hydrogen-bond acceptors (Lipinski definition) is 3. The summed E-state index contributed by atoms with van der Waals surface area (Å²) in [5.41, 5.74) is 0. The summed E-state index contributed by atoms with van der Waals surface area (Å²) >= 11 is 4.20. The zero-order chi connectivity index (χ0) is 7.33. The van der Waals surface area contributed by atoms with E-state index in [1.165, 1.54) is 0 Å². The van der Waals surface area contributed by atoms with E-state index in [2.05, 4.69) is 11.2 Å². The zero-order valence-electron chi connectivity index (χ0n) is 5.20. The van der Waals surface area contributed by atoms with Crippen LogP contribution in [0.1, 0.15) is 6.92 Å². The van der Waals surface area contributed by atoms with E-state index in [1.54, 1.807) is 0 Å². The van der Waals surface area contributed by atoms with Crippen LogP contribution in [-0.2, 0) is 24.7 Å². The maximum absolute atomic E-state index is 10.4. The second kappa shape index (κ2) is 4.16. The molecule has 0 aliphatic carbocycles. The molecule has 0 rings (SSSR count). The first-order valence-corrected chi connectivity index (χ1v) is 5.20. The van der Waals surface area contributed by atoms with E-state index in [9.17, 15) is 4.21 Å². The van der Waals surface area contributed by atoms with Gasteiger partial charge in [0.25, 0.3) is 0 Å². The smallest absolute Gasteiger partial charge is 0.143 e. The molecule has 1 unspecified atom stereocenters. The van der Waals surface area contributed by atoms with Crippen LogP contribution in [0.3, 0.4) is 0 Å². The van der Waals surface area contributed by atoms with Crippen molar-refractivity contribution < 1.29 is 13.5 Å². The highest BCUT2D eigenvalue weighted by Crippen LogP contribution is 1.83. The van der Waals surface area contributed by atoms with Gasteiger partial charge in [0.15, 0.2) is 0 Å². The molecule has 9 heavy (non-hydrogen) atoms. The fourth-order valence-corrected chi connectivity index (χ4v) is 0.841. The van der Waals surface area contributed by atoms with E-state index in [0.717, 1.165) is 0 Å². The van der Waals surface area contributed by atoms with Crippen molar-refractivity contribution in [2.75, 3.05) is 19.0 Å². The molecule has 5 heteroatoms. The average Bonchev–Trinajstić information content (AvgIpc) is 1.63. The second-order valence-corrected chi connectivity index (χ2v) is 4.62. The quantitative estimate of drug-likeness (QED) is 0.614. The van der Waals surface area contributed by atoms with Crippen molar-refractivity contribution in [1.29, 1.82) is 0 Å². The molecule has 0 spiro atoms. The highest BCUT2D eigenvalue weighted by molar-refractivity contribution is 8.29. The normalized spacial score (nSPS) is 17.1. The van der Waals surface area contributed by atoms with Gasteiger partial charge in [0.05, 0.1) is 12.4 Å². The van der Waals surface area contributed by atoms with Gasteiger partial charge < -0.3 is 9.29 Å². The van der Waals surface area contributed by atoms with Crippen molar-refractivity contribution in [2.24, 2.45) is 0 Å². The Hall–Kier alpha value is 0.290. The lowest BCUT2D eigenvalue weighted by Gasteiger charge is -1.98. The van der Waals surface area contributed by atoms with E-state index < -0.39 is 8.77 Å². The van der Waals surface area contributed by atoms with Crippen LogP contribution in [0.2, 0.25) is 0 Å². The standard InChI is InChI=1S/C4H10O3S2/c1-2-7-3-4-9(5,6)8/h2-4H2,1H3,(H,5,6,8). The number of ether oxygens (including phenoxy) is 1. The summed E-state index contributed by atoms with van der Waals surface area (Å²) in [5, 5.41) is 0. The van der Waals surface area contributed by atoms with Gasteiger partial charge in [0.1, 0.15) is 8.77 Å². The summed E-state index contributed by atoms with van der Waals surface area (Å²) in [6.45, 7) is 2.66. The monoisotopic (exact) mass is 170 g/mol. The Bertz CT molecular complexity index is 149. The molecule has 0 aliphatic heterocycles. The lowest BCUT2D eigenvalue weighted by molar-refractivity contribution is 0.163. The Labute approximate surface area is 59.9 Å². The molecule has 1 N–H and O–H groups in total. The third-order valence-corrected chi connectivity index (χ3v) is 1.87. The molecule has 56 valence electrons. The molecule has 0 aromatic carbocycles. The van der Waals surface area contributed by atoms with Crippen LogP contribution in [0.15, 0.2) is 0 Å². The molecule has 0 heterocycles. The maximum atomic E-state index is 10.4. The Kier molecular flexibility index (Phi) is 4.29. The lowest BCUT2D eigenvalue weighted by Crippen LogP contribution is -2.09. The summed E-state index contributed by atoms with van der Waals surface area (Å²) in [6.07, 6.45) is 0. The van der Waals surface area contributed by atoms with Crippen LogP contribution in [-0.4, -0.2) is 27.7 Å². The van der Waals surface area contributed by atoms with Gasteiger partial charge in [0.2, 0.25) is 0 Å². The second-order valence-electron chi connectivity index (χ2n) is 1.48. The first-order valence-electron chi connectivity index (χ1n) is 2.59. The topological polar surface area (TPSA) is 46.5 Å². The van der Waals surface area contributed by atoms with Crippen LogP contribution in [0.4, 0.5) is 0 Å². The molecule has 0 amide bonds.